The molecule has 0 unspecified atom stereocenters. The number of rotatable bonds is 1. The second-order valence-corrected chi connectivity index (χ2v) is 2.82. The monoisotopic (exact) mass is 182 g/mol. The highest BCUT2D eigenvalue weighted by Gasteiger charge is 2.02. The van der Waals surface area contributed by atoms with Crippen LogP contribution >= 0.6 is 11.6 Å². The lowest BCUT2D eigenvalue weighted by molar-refractivity contribution is 0.399. The van der Waals surface area contributed by atoms with Gasteiger partial charge in [0.15, 0.2) is 0 Å². The molecule has 2 aromatic rings. The molecule has 0 aliphatic heterocycles. The van der Waals surface area contributed by atoms with Gasteiger partial charge in [-0.1, -0.05) is 11.6 Å². The van der Waals surface area contributed by atoms with Gasteiger partial charge in [0.05, 0.1) is 23.8 Å². The fourth-order valence-electron chi connectivity index (χ4n) is 1.08. The molecular formula is C8H7ClN2O. The molecule has 0 atom stereocenters. The zero-order valence-electron chi connectivity index (χ0n) is 6.47. The third-order valence-corrected chi connectivity index (χ3v) is 2.01. The van der Waals surface area contributed by atoms with Crippen LogP contribution in [-0.2, 0) is 0 Å². The Hall–Kier alpha value is -1.22. The van der Waals surface area contributed by atoms with E-state index in [1.54, 1.807) is 25.6 Å². The first-order valence-electron chi connectivity index (χ1n) is 3.48. The van der Waals surface area contributed by atoms with E-state index >= 15 is 0 Å². The van der Waals surface area contributed by atoms with E-state index in [2.05, 4.69) is 9.97 Å². The molecular weight excluding hydrogens is 176 g/mol. The Morgan fingerprint density at radius 2 is 2.42 bits per heavy atom. The molecule has 0 aliphatic carbocycles. The van der Waals surface area contributed by atoms with Gasteiger partial charge in [-0.25, -0.2) is 4.98 Å². The number of hydrogen-bond donors (Lipinski definition) is 1. The van der Waals surface area contributed by atoms with Gasteiger partial charge in [0, 0.05) is 17.6 Å². The Kier molecular flexibility index (Phi) is 1.66. The standard InChI is InChI=1S/C8H7ClN2O/c1-12-8-2-5-6(9)3-10-7(5)4-11-8/h2-4,10H,1H3. The summed E-state index contributed by atoms with van der Waals surface area (Å²) in [6.45, 7) is 0. The van der Waals surface area contributed by atoms with Gasteiger partial charge in [0.1, 0.15) is 0 Å². The zero-order chi connectivity index (χ0) is 8.55. The van der Waals surface area contributed by atoms with Crippen molar-refractivity contribution in [1.82, 2.24) is 9.97 Å². The maximum Gasteiger partial charge on any atom is 0.213 e. The highest BCUT2D eigenvalue weighted by molar-refractivity contribution is 6.35. The van der Waals surface area contributed by atoms with E-state index in [0.29, 0.717) is 10.9 Å². The maximum absolute atomic E-state index is 5.89. The van der Waals surface area contributed by atoms with Crippen molar-refractivity contribution in [2.75, 3.05) is 7.11 Å². The molecule has 62 valence electrons. The number of nitrogens with one attached hydrogen (secondary N) is 1. The van der Waals surface area contributed by atoms with Crippen molar-refractivity contribution < 1.29 is 4.74 Å². The molecule has 0 bridgehead atoms. The van der Waals surface area contributed by atoms with Crippen molar-refractivity contribution in [2.24, 2.45) is 0 Å². The molecule has 12 heavy (non-hydrogen) atoms. The molecule has 4 heteroatoms. The average molecular weight is 183 g/mol. The molecule has 1 N–H and O–H groups in total. The molecule has 0 aliphatic rings. The van der Waals surface area contributed by atoms with Crippen LogP contribution in [0.25, 0.3) is 10.9 Å². The Bertz CT molecular complexity index is 410. The molecule has 0 saturated heterocycles. The summed E-state index contributed by atoms with van der Waals surface area (Å²) < 4.78 is 4.96. The highest BCUT2D eigenvalue weighted by Crippen LogP contribution is 2.24. The number of pyridine rings is 1. The van der Waals surface area contributed by atoms with Crippen LogP contribution < -0.4 is 4.74 Å². The first-order valence-corrected chi connectivity index (χ1v) is 3.85. The normalized spacial score (nSPS) is 10.5. The summed E-state index contributed by atoms with van der Waals surface area (Å²) in [5.74, 6) is 0.573. The zero-order valence-corrected chi connectivity index (χ0v) is 7.22. The minimum atomic E-state index is 0.573. The summed E-state index contributed by atoms with van der Waals surface area (Å²) >= 11 is 5.89. The summed E-state index contributed by atoms with van der Waals surface area (Å²) in [6.07, 6.45) is 3.42. The van der Waals surface area contributed by atoms with Crippen LogP contribution in [-0.4, -0.2) is 17.1 Å². The predicted octanol–water partition coefficient (Wildman–Crippen LogP) is 2.22. The molecule has 2 aromatic heterocycles. The molecule has 0 fully saturated rings. The van der Waals surface area contributed by atoms with Crippen molar-refractivity contribution in [3.05, 3.63) is 23.5 Å². The maximum atomic E-state index is 5.89. The van der Waals surface area contributed by atoms with Gasteiger partial charge in [0.2, 0.25) is 5.88 Å². The van der Waals surface area contributed by atoms with E-state index in [0.717, 1.165) is 10.9 Å². The molecule has 3 nitrogen and oxygen atoms in total. The van der Waals surface area contributed by atoms with Crippen LogP contribution in [0.1, 0.15) is 0 Å². The quantitative estimate of drug-likeness (QED) is 0.735. The third-order valence-electron chi connectivity index (χ3n) is 1.70. The van der Waals surface area contributed by atoms with Crippen LogP contribution in [0.15, 0.2) is 18.5 Å². The number of halogens is 1. The van der Waals surface area contributed by atoms with Crippen molar-refractivity contribution in [3.8, 4) is 5.88 Å². The fraction of sp³-hybridized carbons (Fsp3) is 0.125. The highest BCUT2D eigenvalue weighted by atomic mass is 35.5. The van der Waals surface area contributed by atoms with Crippen molar-refractivity contribution in [2.45, 2.75) is 0 Å². The Balaban J connectivity index is 2.71. The van der Waals surface area contributed by atoms with Crippen LogP contribution in [0.3, 0.4) is 0 Å². The van der Waals surface area contributed by atoms with Gasteiger partial charge in [-0.05, 0) is 0 Å². The first-order chi connectivity index (χ1) is 5.81. The molecule has 0 spiro atoms. The van der Waals surface area contributed by atoms with Gasteiger partial charge < -0.3 is 9.72 Å². The van der Waals surface area contributed by atoms with Gasteiger partial charge in [-0.3, -0.25) is 0 Å². The number of aromatic amines is 1. The summed E-state index contributed by atoms with van der Waals surface area (Å²) in [7, 11) is 1.58. The van der Waals surface area contributed by atoms with E-state index < -0.39 is 0 Å². The molecule has 2 heterocycles. The minimum Gasteiger partial charge on any atom is -0.481 e. The van der Waals surface area contributed by atoms with Gasteiger partial charge in [-0.15, -0.1) is 0 Å². The molecule has 0 saturated carbocycles. The summed E-state index contributed by atoms with van der Waals surface area (Å²) in [5.41, 5.74) is 0.917. The lowest BCUT2D eigenvalue weighted by atomic mass is 10.3. The third kappa shape index (κ3) is 1.02. The smallest absolute Gasteiger partial charge is 0.213 e. The van der Waals surface area contributed by atoms with E-state index in [-0.39, 0.29) is 0 Å². The summed E-state index contributed by atoms with van der Waals surface area (Å²) in [4.78, 5) is 7.02. The number of hydrogen-bond acceptors (Lipinski definition) is 2. The Morgan fingerprint density at radius 3 is 3.17 bits per heavy atom. The number of H-pyrrole nitrogens is 1. The van der Waals surface area contributed by atoms with Gasteiger partial charge in [0.25, 0.3) is 0 Å². The number of methoxy groups -OCH3 is 1. The topological polar surface area (TPSA) is 37.9 Å². The van der Waals surface area contributed by atoms with Crippen LogP contribution in [0.4, 0.5) is 0 Å². The van der Waals surface area contributed by atoms with Crippen molar-refractivity contribution in [3.63, 3.8) is 0 Å². The van der Waals surface area contributed by atoms with E-state index in [9.17, 15) is 0 Å². The number of nitrogens with zero attached hydrogens (tertiary/aromatic N) is 1. The number of fused-ring (bicyclic) bond motifs is 1. The summed E-state index contributed by atoms with van der Waals surface area (Å²) in [6, 6.07) is 1.80. The minimum absolute atomic E-state index is 0.573. The Morgan fingerprint density at radius 1 is 1.58 bits per heavy atom. The SMILES string of the molecule is COc1cc2c(Cl)c[nH]c2cn1. The van der Waals surface area contributed by atoms with E-state index in [1.165, 1.54) is 0 Å². The number of ether oxygens (including phenoxy) is 1. The second kappa shape index (κ2) is 2.68. The fourth-order valence-corrected chi connectivity index (χ4v) is 1.29. The predicted molar refractivity (Wildman–Crippen MR) is 47.7 cm³/mol. The largest absolute Gasteiger partial charge is 0.481 e. The number of aromatic nitrogens is 2. The summed E-state index contributed by atoms with van der Waals surface area (Å²) in [5, 5.41) is 1.62. The van der Waals surface area contributed by atoms with E-state index in [4.69, 9.17) is 16.3 Å². The first kappa shape index (κ1) is 7.43. The Labute approximate surface area is 74.3 Å². The van der Waals surface area contributed by atoms with Crippen LogP contribution in [0.5, 0.6) is 5.88 Å². The molecule has 2 rings (SSSR count). The lowest BCUT2D eigenvalue weighted by Gasteiger charge is -1.96. The molecule has 0 amide bonds. The average Bonchev–Trinajstić information content (AvgIpc) is 2.47. The second-order valence-electron chi connectivity index (χ2n) is 2.41. The van der Waals surface area contributed by atoms with Crippen LogP contribution in [0, 0.1) is 0 Å². The van der Waals surface area contributed by atoms with Crippen molar-refractivity contribution >= 4 is 22.5 Å². The lowest BCUT2D eigenvalue weighted by Crippen LogP contribution is -1.85. The molecule has 0 aromatic carbocycles. The van der Waals surface area contributed by atoms with E-state index in [1.807, 2.05) is 0 Å². The van der Waals surface area contributed by atoms with Crippen molar-refractivity contribution in [1.29, 1.82) is 0 Å². The van der Waals surface area contributed by atoms with Gasteiger partial charge in [-0.2, -0.15) is 0 Å². The van der Waals surface area contributed by atoms with Gasteiger partial charge >= 0.3 is 0 Å². The molecule has 0 radical (unpaired) electrons. The van der Waals surface area contributed by atoms with Crippen LogP contribution in [0.2, 0.25) is 5.02 Å².